The van der Waals surface area contributed by atoms with Crippen LogP contribution in [-0.4, -0.2) is 15.0 Å². The summed E-state index contributed by atoms with van der Waals surface area (Å²) in [5.74, 6) is 0. The number of rotatable bonds is 2. The van der Waals surface area contributed by atoms with Crippen molar-refractivity contribution in [3.8, 4) is 21.8 Å². The van der Waals surface area contributed by atoms with Crippen molar-refractivity contribution in [2.75, 3.05) is 0 Å². The summed E-state index contributed by atoms with van der Waals surface area (Å²) in [7, 11) is 0. The summed E-state index contributed by atoms with van der Waals surface area (Å²) in [6.07, 6.45) is 0. The van der Waals surface area contributed by atoms with E-state index in [1.165, 1.54) is 9.40 Å². The van der Waals surface area contributed by atoms with Crippen molar-refractivity contribution in [3.05, 3.63) is 78.1 Å². The molecule has 0 saturated carbocycles. The van der Waals surface area contributed by atoms with Crippen LogP contribution in [0.1, 0.15) is 0 Å². The third kappa shape index (κ3) is 2.82. The largest absolute Gasteiger partial charge is 0.236 e. The molecule has 6 rings (SSSR count). The summed E-state index contributed by atoms with van der Waals surface area (Å²) in [5, 5.41) is 3.48. The number of thiazole rings is 1. The summed E-state index contributed by atoms with van der Waals surface area (Å²) in [6, 6.07) is 24.9. The van der Waals surface area contributed by atoms with Crippen LogP contribution in [0.5, 0.6) is 0 Å². The van der Waals surface area contributed by atoms with E-state index in [9.17, 15) is 0 Å². The fraction of sp³-hybridized carbons (Fsp3) is 0. The number of halogens is 1. The van der Waals surface area contributed by atoms with Crippen LogP contribution in [-0.2, 0) is 0 Å². The second-order valence-corrected chi connectivity index (χ2v) is 9.09. The van der Waals surface area contributed by atoms with Gasteiger partial charge in [-0.1, -0.05) is 48.5 Å². The molecule has 3 aromatic carbocycles. The van der Waals surface area contributed by atoms with Crippen LogP contribution in [0.4, 0.5) is 0 Å². The van der Waals surface area contributed by atoms with Gasteiger partial charge in [-0.15, -0.1) is 22.7 Å². The van der Waals surface area contributed by atoms with Crippen LogP contribution in [0.25, 0.3) is 52.3 Å². The minimum atomic E-state index is 0.268. The molecule has 0 bridgehead atoms. The van der Waals surface area contributed by atoms with E-state index in [1.54, 1.807) is 22.7 Å². The molecule has 138 valence electrons. The molecule has 0 N–H and O–H groups in total. The van der Waals surface area contributed by atoms with E-state index >= 15 is 0 Å². The summed E-state index contributed by atoms with van der Waals surface area (Å²) < 4.78 is 2.37. The second kappa shape index (κ2) is 6.59. The molecule has 3 aromatic heterocycles. The Balaban J connectivity index is 1.59. The number of thiophene rings is 1. The van der Waals surface area contributed by atoms with Crippen LogP contribution >= 0.6 is 34.3 Å². The molecule has 29 heavy (non-hydrogen) atoms. The third-order valence-corrected chi connectivity index (χ3v) is 7.21. The molecule has 0 saturated heterocycles. The zero-order valence-electron chi connectivity index (χ0n) is 15.0. The van der Waals surface area contributed by atoms with Crippen molar-refractivity contribution in [2.24, 2.45) is 0 Å². The normalized spacial score (nSPS) is 11.6. The molecule has 0 aliphatic rings. The maximum atomic E-state index is 6.29. The highest BCUT2D eigenvalue weighted by Gasteiger charge is 2.16. The van der Waals surface area contributed by atoms with E-state index in [-0.39, 0.29) is 5.28 Å². The number of para-hydroxylation sites is 1. The van der Waals surface area contributed by atoms with Crippen molar-refractivity contribution >= 4 is 64.8 Å². The van der Waals surface area contributed by atoms with Gasteiger partial charge in [0.15, 0.2) is 0 Å². The van der Waals surface area contributed by atoms with Crippen LogP contribution in [0, 0.1) is 0 Å². The predicted octanol–water partition coefficient (Wildman–Crippen LogP) is 7.44. The lowest BCUT2D eigenvalue weighted by Crippen LogP contribution is -1.89. The zero-order chi connectivity index (χ0) is 19.4. The van der Waals surface area contributed by atoms with Crippen LogP contribution in [0.3, 0.4) is 0 Å². The zero-order valence-corrected chi connectivity index (χ0v) is 17.4. The Labute approximate surface area is 179 Å². The quantitative estimate of drug-likeness (QED) is 0.268. The van der Waals surface area contributed by atoms with Crippen LogP contribution in [0.15, 0.2) is 72.8 Å². The van der Waals surface area contributed by atoms with Gasteiger partial charge in [0, 0.05) is 26.6 Å². The number of hydrogen-bond donors (Lipinski definition) is 0. The third-order valence-electron chi connectivity index (χ3n) is 4.89. The first-order chi connectivity index (χ1) is 14.3. The van der Waals surface area contributed by atoms with Gasteiger partial charge in [0.2, 0.25) is 5.28 Å². The van der Waals surface area contributed by atoms with E-state index in [4.69, 9.17) is 16.6 Å². The molecule has 0 aliphatic heterocycles. The Morgan fingerprint density at radius 3 is 2.38 bits per heavy atom. The highest BCUT2D eigenvalue weighted by atomic mass is 35.5. The Morgan fingerprint density at radius 2 is 1.48 bits per heavy atom. The van der Waals surface area contributed by atoms with Crippen molar-refractivity contribution in [1.29, 1.82) is 0 Å². The Kier molecular flexibility index (Phi) is 3.87. The minimum Gasteiger partial charge on any atom is -0.236 e. The maximum absolute atomic E-state index is 6.29. The van der Waals surface area contributed by atoms with Crippen LogP contribution in [0.2, 0.25) is 5.28 Å². The van der Waals surface area contributed by atoms with E-state index in [1.807, 2.05) is 36.4 Å². The van der Waals surface area contributed by atoms with Gasteiger partial charge < -0.3 is 0 Å². The van der Waals surface area contributed by atoms with E-state index in [0.717, 1.165) is 42.9 Å². The fourth-order valence-corrected chi connectivity index (χ4v) is 5.86. The Bertz CT molecular complexity index is 1500. The molecule has 6 aromatic rings. The maximum Gasteiger partial charge on any atom is 0.224 e. The SMILES string of the molecule is Clc1nc(-c2cccc(-c3nc4ccccc4s3)c2)c2c(n1)sc1ccccc12. The lowest BCUT2D eigenvalue weighted by atomic mass is 10.0. The number of aromatic nitrogens is 3. The predicted molar refractivity (Wildman–Crippen MR) is 124 cm³/mol. The van der Waals surface area contributed by atoms with Gasteiger partial charge in [-0.3, -0.25) is 0 Å². The molecular weight excluding hydrogens is 418 g/mol. The second-order valence-electron chi connectivity index (χ2n) is 6.69. The molecular formula is C23H12ClN3S2. The number of benzene rings is 3. The lowest BCUT2D eigenvalue weighted by molar-refractivity contribution is 1.24. The van der Waals surface area contributed by atoms with Gasteiger partial charge in [-0.05, 0) is 35.9 Å². The summed E-state index contributed by atoms with van der Waals surface area (Å²) in [5.41, 5.74) is 3.97. The first kappa shape index (κ1) is 17.0. The Morgan fingerprint density at radius 1 is 0.690 bits per heavy atom. The molecule has 0 radical (unpaired) electrons. The molecule has 0 fully saturated rings. The number of nitrogens with zero attached hydrogens (tertiary/aromatic N) is 3. The molecule has 0 spiro atoms. The van der Waals surface area contributed by atoms with Crippen LogP contribution < -0.4 is 0 Å². The highest BCUT2D eigenvalue weighted by molar-refractivity contribution is 7.25. The molecule has 0 aliphatic carbocycles. The summed E-state index contributed by atoms with van der Waals surface area (Å²) >= 11 is 9.63. The average molecular weight is 430 g/mol. The van der Waals surface area contributed by atoms with E-state index in [2.05, 4.69) is 46.4 Å². The minimum absolute atomic E-state index is 0.268. The first-order valence-corrected chi connectivity index (χ1v) is 11.1. The van der Waals surface area contributed by atoms with Crippen molar-refractivity contribution in [1.82, 2.24) is 15.0 Å². The van der Waals surface area contributed by atoms with Crippen molar-refractivity contribution < 1.29 is 0 Å². The molecule has 0 unspecified atom stereocenters. The summed E-state index contributed by atoms with van der Waals surface area (Å²) in [4.78, 5) is 14.8. The average Bonchev–Trinajstić information content (AvgIpc) is 3.34. The van der Waals surface area contributed by atoms with E-state index < -0.39 is 0 Å². The monoisotopic (exact) mass is 429 g/mol. The highest BCUT2D eigenvalue weighted by Crippen LogP contribution is 2.40. The van der Waals surface area contributed by atoms with Crippen molar-refractivity contribution in [2.45, 2.75) is 0 Å². The lowest BCUT2D eigenvalue weighted by Gasteiger charge is -2.06. The number of hydrogen-bond acceptors (Lipinski definition) is 5. The van der Waals surface area contributed by atoms with Gasteiger partial charge >= 0.3 is 0 Å². The fourth-order valence-electron chi connectivity index (χ4n) is 3.60. The molecule has 6 heteroatoms. The van der Waals surface area contributed by atoms with Gasteiger partial charge in [0.1, 0.15) is 9.84 Å². The molecule has 0 amide bonds. The standard InChI is InChI=1S/C23H12ClN3S2/c24-23-26-20(19-15-8-1-3-10-17(15)28-22(19)27-23)13-6-5-7-14(12-13)21-25-16-9-2-4-11-18(16)29-21/h1-12H. The van der Waals surface area contributed by atoms with Gasteiger partial charge in [-0.25, -0.2) is 15.0 Å². The molecule has 0 atom stereocenters. The smallest absolute Gasteiger partial charge is 0.224 e. The topological polar surface area (TPSA) is 38.7 Å². The number of fused-ring (bicyclic) bond motifs is 4. The van der Waals surface area contributed by atoms with Gasteiger partial charge in [0.25, 0.3) is 0 Å². The van der Waals surface area contributed by atoms with E-state index in [0.29, 0.717) is 0 Å². The Hall–Kier alpha value is -2.86. The van der Waals surface area contributed by atoms with Crippen molar-refractivity contribution in [3.63, 3.8) is 0 Å². The first-order valence-electron chi connectivity index (χ1n) is 9.07. The molecule has 3 heterocycles. The molecule has 3 nitrogen and oxygen atoms in total. The van der Waals surface area contributed by atoms with Gasteiger partial charge in [0.05, 0.1) is 15.9 Å². The summed E-state index contributed by atoms with van der Waals surface area (Å²) in [6.45, 7) is 0. The van der Waals surface area contributed by atoms with Gasteiger partial charge in [-0.2, -0.15) is 0 Å².